The van der Waals surface area contributed by atoms with Crippen LogP contribution in [0.3, 0.4) is 0 Å². The molecule has 0 spiro atoms. The molecule has 1 aromatic rings. The number of sulfonamides is 1. The molecule has 4 nitrogen and oxygen atoms in total. The van der Waals surface area contributed by atoms with Gasteiger partial charge in [0.2, 0.25) is 0 Å². The molecule has 96 valence electrons. The van der Waals surface area contributed by atoms with Crippen molar-refractivity contribution in [3.63, 3.8) is 0 Å². The van der Waals surface area contributed by atoms with E-state index in [-0.39, 0.29) is 10.9 Å². The predicted octanol–water partition coefficient (Wildman–Crippen LogP) is 1.82. The van der Waals surface area contributed by atoms with Gasteiger partial charge < -0.3 is 0 Å². The molecule has 0 fully saturated rings. The van der Waals surface area contributed by atoms with Crippen LogP contribution in [-0.4, -0.2) is 14.5 Å². The number of benzene rings is 1. The molecule has 0 aromatic heterocycles. The number of hydrogen-bond donors (Lipinski definition) is 2. The second-order valence-corrected chi connectivity index (χ2v) is 6.28. The first-order valence-corrected chi connectivity index (χ1v) is 7.15. The summed E-state index contributed by atoms with van der Waals surface area (Å²) in [5.41, 5.74) is 3.83. The van der Waals surface area contributed by atoms with E-state index in [4.69, 9.17) is 0 Å². The van der Waals surface area contributed by atoms with Gasteiger partial charge in [-0.3, -0.25) is 0 Å². The zero-order valence-electron chi connectivity index (χ0n) is 10.7. The lowest BCUT2D eigenvalue weighted by atomic mass is 10.1. The molecule has 0 saturated carbocycles. The summed E-state index contributed by atoms with van der Waals surface area (Å²) in [5, 5.41) is 0. The van der Waals surface area contributed by atoms with E-state index in [1.165, 1.54) is 0 Å². The van der Waals surface area contributed by atoms with E-state index in [0.717, 1.165) is 5.56 Å². The zero-order chi connectivity index (χ0) is 13.1. The Labute approximate surface area is 103 Å². The first-order chi connectivity index (χ1) is 7.83. The molecule has 0 aliphatic rings. The fraction of sp³-hybridized carbons (Fsp3) is 0.500. The van der Waals surface area contributed by atoms with Crippen LogP contribution in [0.25, 0.3) is 0 Å². The Morgan fingerprint density at radius 1 is 1.06 bits per heavy atom. The van der Waals surface area contributed by atoms with Gasteiger partial charge in [-0.2, -0.15) is 0 Å². The molecule has 0 amide bonds. The molecule has 1 atom stereocenters. The maximum absolute atomic E-state index is 11.9. The van der Waals surface area contributed by atoms with Crippen molar-refractivity contribution in [1.29, 1.82) is 0 Å². The van der Waals surface area contributed by atoms with Crippen LogP contribution < -0.4 is 10.3 Å². The number of nitrogens with one attached hydrogen (secondary N) is 2. The van der Waals surface area contributed by atoms with E-state index in [1.807, 2.05) is 27.7 Å². The van der Waals surface area contributed by atoms with E-state index in [0.29, 0.717) is 5.92 Å². The molecule has 1 unspecified atom stereocenters. The lowest BCUT2D eigenvalue weighted by Gasteiger charge is -2.18. The number of aryl methyl sites for hydroxylation is 1. The zero-order valence-corrected chi connectivity index (χ0v) is 11.5. The molecule has 0 radical (unpaired) electrons. The highest BCUT2D eigenvalue weighted by Crippen LogP contribution is 2.09. The van der Waals surface area contributed by atoms with Gasteiger partial charge in [0, 0.05) is 6.04 Å². The summed E-state index contributed by atoms with van der Waals surface area (Å²) in [4.78, 5) is 2.67. The van der Waals surface area contributed by atoms with Crippen molar-refractivity contribution in [2.45, 2.75) is 38.6 Å². The normalized spacial score (nSPS) is 13.9. The number of rotatable bonds is 5. The Hall–Kier alpha value is -0.910. The number of hydrazine groups is 1. The van der Waals surface area contributed by atoms with Crippen molar-refractivity contribution >= 4 is 10.0 Å². The van der Waals surface area contributed by atoms with Gasteiger partial charge >= 0.3 is 0 Å². The lowest BCUT2D eigenvalue weighted by molar-refractivity contribution is 0.409. The van der Waals surface area contributed by atoms with Gasteiger partial charge in [-0.25, -0.2) is 13.8 Å². The van der Waals surface area contributed by atoms with Gasteiger partial charge in [-0.1, -0.05) is 31.5 Å². The average Bonchev–Trinajstić information content (AvgIpc) is 2.26. The van der Waals surface area contributed by atoms with E-state index in [9.17, 15) is 8.42 Å². The van der Waals surface area contributed by atoms with Crippen molar-refractivity contribution in [1.82, 2.24) is 10.3 Å². The van der Waals surface area contributed by atoms with E-state index in [1.54, 1.807) is 24.3 Å². The largest absolute Gasteiger partial charge is 0.253 e. The summed E-state index contributed by atoms with van der Waals surface area (Å²) in [5.74, 6) is 0.357. The molecule has 0 saturated heterocycles. The number of hydrogen-bond acceptors (Lipinski definition) is 3. The fourth-order valence-electron chi connectivity index (χ4n) is 1.11. The standard InChI is InChI=1S/C12H20N2O2S/c1-9(2)11(4)13-14-17(15,16)12-7-5-10(3)6-8-12/h5-9,11,13-14H,1-4H3. The monoisotopic (exact) mass is 256 g/mol. The third-order valence-electron chi connectivity index (χ3n) is 2.75. The van der Waals surface area contributed by atoms with Gasteiger partial charge in [0.1, 0.15) is 0 Å². The molecule has 17 heavy (non-hydrogen) atoms. The van der Waals surface area contributed by atoms with Crippen LogP contribution in [0.2, 0.25) is 0 Å². The van der Waals surface area contributed by atoms with E-state index in [2.05, 4.69) is 10.3 Å². The Kier molecular flexibility index (Phi) is 4.68. The van der Waals surface area contributed by atoms with Crippen LogP contribution in [0.15, 0.2) is 29.2 Å². The molecule has 0 bridgehead atoms. The van der Waals surface area contributed by atoms with Crippen LogP contribution in [-0.2, 0) is 10.0 Å². The van der Waals surface area contributed by atoms with E-state index < -0.39 is 10.0 Å². The summed E-state index contributed by atoms with van der Waals surface area (Å²) < 4.78 is 23.8. The maximum atomic E-state index is 11.9. The van der Waals surface area contributed by atoms with Crippen molar-refractivity contribution in [3.05, 3.63) is 29.8 Å². The van der Waals surface area contributed by atoms with Crippen LogP contribution >= 0.6 is 0 Å². The van der Waals surface area contributed by atoms with Gasteiger partial charge in [-0.05, 0) is 31.9 Å². The Morgan fingerprint density at radius 3 is 2.06 bits per heavy atom. The SMILES string of the molecule is Cc1ccc(S(=O)(=O)NNC(C)C(C)C)cc1. The topological polar surface area (TPSA) is 58.2 Å². The van der Waals surface area contributed by atoms with Crippen molar-refractivity contribution in [2.24, 2.45) is 5.92 Å². The second kappa shape index (κ2) is 5.62. The van der Waals surface area contributed by atoms with E-state index >= 15 is 0 Å². The average molecular weight is 256 g/mol. The smallest absolute Gasteiger partial charge is 0.241 e. The Bertz CT molecular complexity index is 452. The summed E-state index contributed by atoms with van der Waals surface area (Å²) in [6.07, 6.45) is 0. The van der Waals surface area contributed by atoms with Gasteiger partial charge in [-0.15, -0.1) is 4.83 Å². The highest BCUT2D eigenvalue weighted by molar-refractivity contribution is 7.89. The minimum atomic E-state index is -3.47. The summed E-state index contributed by atoms with van der Waals surface area (Å²) in [6.45, 7) is 7.90. The fourth-order valence-corrected chi connectivity index (χ4v) is 2.07. The molecule has 1 rings (SSSR count). The highest BCUT2D eigenvalue weighted by atomic mass is 32.2. The molecule has 0 aliphatic heterocycles. The molecule has 0 aliphatic carbocycles. The summed E-state index contributed by atoms with van der Waals surface area (Å²) in [7, 11) is -3.47. The van der Waals surface area contributed by atoms with Crippen molar-refractivity contribution < 1.29 is 8.42 Å². The minimum Gasteiger partial charge on any atom is -0.241 e. The quantitative estimate of drug-likeness (QED) is 0.790. The first kappa shape index (κ1) is 14.2. The minimum absolute atomic E-state index is 0.0789. The van der Waals surface area contributed by atoms with Crippen molar-refractivity contribution in [2.75, 3.05) is 0 Å². The molecule has 0 heterocycles. The lowest BCUT2D eigenvalue weighted by Crippen LogP contribution is -2.45. The van der Waals surface area contributed by atoms with Gasteiger partial charge in [0.25, 0.3) is 10.0 Å². The first-order valence-electron chi connectivity index (χ1n) is 5.67. The summed E-state index contributed by atoms with van der Waals surface area (Å²) >= 11 is 0. The Balaban J connectivity index is 2.72. The molecule has 2 N–H and O–H groups in total. The highest BCUT2D eigenvalue weighted by Gasteiger charge is 2.15. The molecule has 5 heteroatoms. The van der Waals surface area contributed by atoms with Crippen LogP contribution in [0.1, 0.15) is 26.3 Å². The molecule has 1 aromatic carbocycles. The van der Waals surface area contributed by atoms with Crippen LogP contribution in [0.4, 0.5) is 0 Å². The third kappa shape index (κ3) is 4.11. The van der Waals surface area contributed by atoms with Gasteiger partial charge in [0.05, 0.1) is 4.90 Å². The van der Waals surface area contributed by atoms with Crippen LogP contribution in [0.5, 0.6) is 0 Å². The molecular formula is C12H20N2O2S. The van der Waals surface area contributed by atoms with Gasteiger partial charge in [0.15, 0.2) is 0 Å². The Morgan fingerprint density at radius 2 is 1.59 bits per heavy atom. The second-order valence-electron chi connectivity index (χ2n) is 4.60. The van der Waals surface area contributed by atoms with Crippen molar-refractivity contribution in [3.8, 4) is 0 Å². The van der Waals surface area contributed by atoms with Crippen LogP contribution in [0, 0.1) is 12.8 Å². The summed E-state index contributed by atoms with van der Waals surface area (Å²) in [6, 6.07) is 6.83. The predicted molar refractivity (Wildman–Crippen MR) is 68.9 cm³/mol. The third-order valence-corrected chi connectivity index (χ3v) is 4.03. The maximum Gasteiger partial charge on any atom is 0.253 e. The molecular weight excluding hydrogens is 236 g/mol.